The highest BCUT2D eigenvalue weighted by Gasteiger charge is 2.40. The van der Waals surface area contributed by atoms with E-state index in [0.717, 1.165) is 35.2 Å². The minimum Gasteiger partial charge on any atom is -0.341 e. The molecule has 2 aliphatic carbocycles. The molecular formula is C15H17N3. The Morgan fingerprint density at radius 1 is 1.33 bits per heavy atom. The molecule has 92 valence electrons. The van der Waals surface area contributed by atoms with E-state index in [1.165, 1.54) is 12.8 Å². The zero-order valence-corrected chi connectivity index (χ0v) is 10.3. The van der Waals surface area contributed by atoms with Crippen LogP contribution in [0.3, 0.4) is 0 Å². The van der Waals surface area contributed by atoms with Crippen LogP contribution >= 0.6 is 0 Å². The van der Waals surface area contributed by atoms with Crippen molar-refractivity contribution in [1.29, 1.82) is 0 Å². The molecule has 1 fully saturated rings. The minimum atomic E-state index is 0.655. The summed E-state index contributed by atoms with van der Waals surface area (Å²) >= 11 is 0. The summed E-state index contributed by atoms with van der Waals surface area (Å²) in [4.78, 5) is 7.96. The highest BCUT2D eigenvalue weighted by atomic mass is 15.0. The molecule has 0 radical (unpaired) electrons. The molecule has 3 nitrogen and oxygen atoms in total. The van der Waals surface area contributed by atoms with Crippen molar-refractivity contribution in [2.45, 2.75) is 25.4 Å². The minimum absolute atomic E-state index is 0.655. The summed E-state index contributed by atoms with van der Waals surface area (Å²) in [6, 6.07) is 8.85. The van der Waals surface area contributed by atoms with Gasteiger partial charge in [-0.05, 0) is 36.8 Å². The van der Waals surface area contributed by atoms with Crippen LogP contribution in [0, 0.1) is 11.8 Å². The highest BCUT2D eigenvalue weighted by Crippen LogP contribution is 2.42. The van der Waals surface area contributed by atoms with Crippen molar-refractivity contribution < 1.29 is 0 Å². The Morgan fingerprint density at radius 3 is 3.17 bits per heavy atom. The van der Waals surface area contributed by atoms with Gasteiger partial charge in [-0.15, -0.1) is 0 Å². The molecule has 0 bridgehead atoms. The second kappa shape index (κ2) is 3.95. The number of hydrogen-bond acceptors (Lipinski definition) is 2. The van der Waals surface area contributed by atoms with E-state index in [9.17, 15) is 0 Å². The molecule has 2 N–H and O–H groups in total. The number of benzene rings is 1. The Hall–Kier alpha value is -1.61. The molecule has 1 aromatic carbocycles. The number of imidazole rings is 1. The molecule has 1 heterocycles. The molecule has 3 unspecified atom stereocenters. The largest absolute Gasteiger partial charge is 0.341 e. The van der Waals surface area contributed by atoms with Crippen LogP contribution in [0.1, 0.15) is 18.7 Å². The summed E-state index contributed by atoms with van der Waals surface area (Å²) in [6.07, 6.45) is 7.31. The Bertz CT molecular complexity index is 566. The first-order valence-corrected chi connectivity index (χ1v) is 6.74. The number of H-pyrrole nitrogens is 1. The summed E-state index contributed by atoms with van der Waals surface area (Å²) in [5.41, 5.74) is 2.18. The van der Waals surface area contributed by atoms with Crippen LogP contribution in [-0.2, 0) is 6.54 Å². The van der Waals surface area contributed by atoms with E-state index in [1.807, 2.05) is 12.1 Å². The molecule has 3 heteroatoms. The van der Waals surface area contributed by atoms with Gasteiger partial charge >= 0.3 is 0 Å². The van der Waals surface area contributed by atoms with Gasteiger partial charge in [0.25, 0.3) is 0 Å². The molecule has 18 heavy (non-hydrogen) atoms. The quantitative estimate of drug-likeness (QED) is 0.808. The van der Waals surface area contributed by atoms with Crippen molar-refractivity contribution in [3.05, 3.63) is 42.2 Å². The van der Waals surface area contributed by atoms with Crippen molar-refractivity contribution in [2.24, 2.45) is 11.8 Å². The van der Waals surface area contributed by atoms with E-state index in [0.29, 0.717) is 6.04 Å². The van der Waals surface area contributed by atoms with Crippen molar-refractivity contribution in [3.63, 3.8) is 0 Å². The maximum absolute atomic E-state index is 4.59. The predicted octanol–water partition coefficient (Wildman–Crippen LogP) is 2.62. The lowest BCUT2D eigenvalue weighted by Crippen LogP contribution is -2.47. The summed E-state index contributed by atoms with van der Waals surface area (Å²) in [7, 11) is 0. The van der Waals surface area contributed by atoms with Crippen molar-refractivity contribution >= 4 is 11.0 Å². The van der Waals surface area contributed by atoms with Crippen LogP contribution < -0.4 is 5.32 Å². The zero-order valence-electron chi connectivity index (χ0n) is 10.3. The first kappa shape index (κ1) is 10.3. The van der Waals surface area contributed by atoms with Gasteiger partial charge in [0.1, 0.15) is 5.82 Å². The van der Waals surface area contributed by atoms with E-state index in [4.69, 9.17) is 0 Å². The molecule has 3 atom stereocenters. The SMILES string of the molecule is C1=CC2C(C1)CC2NCc1nc2ccccc2[nH]1. The number of allylic oxidation sites excluding steroid dienone is 1. The fourth-order valence-electron chi connectivity index (χ4n) is 3.26. The van der Waals surface area contributed by atoms with E-state index in [1.54, 1.807) is 0 Å². The highest BCUT2D eigenvalue weighted by molar-refractivity contribution is 5.74. The van der Waals surface area contributed by atoms with Gasteiger partial charge in [-0.25, -0.2) is 4.98 Å². The number of para-hydroxylation sites is 2. The number of aromatic amines is 1. The van der Waals surface area contributed by atoms with Crippen molar-refractivity contribution in [2.75, 3.05) is 0 Å². The number of nitrogens with one attached hydrogen (secondary N) is 2. The van der Waals surface area contributed by atoms with Gasteiger partial charge in [-0.3, -0.25) is 0 Å². The maximum atomic E-state index is 4.59. The summed E-state index contributed by atoms with van der Waals surface area (Å²) in [5, 5.41) is 3.62. The summed E-state index contributed by atoms with van der Waals surface area (Å²) in [5.74, 6) is 2.73. The first-order valence-electron chi connectivity index (χ1n) is 6.74. The molecule has 2 aromatic rings. The topological polar surface area (TPSA) is 40.7 Å². The van der Waals surface area contributed by atoms with E-state index in [2.05, 4.69) is 39.6 Å². The summed E-state index contributed by atoms with van der Waals surface area (Å²) < 4.78 is 0. The third-order valence-corrected chi connectivity index (χ3v) is 4.33. The van der Waals surface area contributed by atoms with Crippen molar-refractivity contribution in [1.82, 2.24) is 15.3 Å². The lowest BCUT2D eigenvalue weighted by atomic mass is 9.71. The molecule has 4 rings (SSSR count). The fourth-order valence-corrected chi connectivity index (χ4v) is 3.26. The third-order valence-electron chi connectivity index (χ3n) is 4.33. The predicted molar refractivity (Wildman–Crippen MR) is 72.1 cm³/mol. The van der Waals surface area contributed by atoms with Gasteiger partial charge in [0.15, 0.2) is 0 Å². The number of aromatic nitrogens is 2. The van der Waals surface area contributed by atoms with Gasteiger partial charge in [0.05, 0.1) is 17.6 Å². The van der Waals surface area contributed by atoms with Crippen LogP contribution in [0.5, 0.6) is 0 Å². The molecule has 0 saturated heterocycles. The smallest absolute Gasteiger partial charge is 0.121 e. The molecule has 0 spiro atoms. The molecule has 0 aliphatic heterocycles. The molecule has 2 aliphatic rings. The van der Waals surface area contributed by atoms with Gasteiger partial charge < -0.3 is 10.3 Å². The van der Waals surface area contributed by atoms with Crippen LogP contribution in [0.4, 0.5) is 0 Å². The number of fused-ring (bicyclic) bond motifs is 2. The van der Waals surface area contributed by atoms with Crippen LogP contribution in [0.25, 0.3) is 11.0 Å². The standard InChI is InChI=1S/C15H17N3/c1-2-7-13-12(6-1)17-15(18-13)9-16-14-8-10-4-3-5-11(10)14/h1-3,5-7,10-11,14,16H,4,8-9H2,(H,17,18). The second-order valence-corrected chi connectivity index (χ2v) is 5.43. The molecule has 1 aromatic heterocycles. The Morgan fingerprint density at radius 2 is 2.28 bits per heavy atom. The van der Waals surface area contributed by atoms with Gasteiger partial charge in [-0.2, -0.15) is 0 Å². The summed E-state index contributed by atoms with van der Waals surface area (Å²) in [6.45, 7) is 0.844. The average Bonchev–Trinajstić information content (AvgIpc) is 2.93. The zero-order chi connectivity index (χ0) is 11.9. The normalized spacial score (nSPS) is 29.4. The second-order valence-electron chi connectivity index (χ2n) is 5.43. The monoisotopic (exact) mass is 239 g/mol. The first-order chi connectivity index (χ1) is 8.90. The van der Waals surface area contributed by atoms with E-state index in [-0.39, 0.29) is 0 Å². The molecular weight excluding hydrogens is 222 g/mol. The average molecular weight is 239 g/mol. The van der Waals surface area contributed by atoms with Crippen LogP contribution in [-0.4, -0.2) is 16.0 Å². The number of nitrogens with zero attached hydrogens (tertiary/aromatic N) is 1. The van der Waals surface area contributed by atoms with Gasteiger partial charge in [0, 0.05) is 6.04 Å². The van der Waals surface area contributed by atoms with E-state index >= 15 is 0 Å². The van der Waals surface area contributed by atoms with Crippen molar-refractivity contribution in [3.8, 4) is 0 Å². The van der Waals surface area contributed by atoms with E-state index < -0.39 is 0 Å². The van der Waals surface area contributed by atoms with Crippen LogP contribution in [0.2, 0.25) is 0 Å². The number of hydrogen-bond donors (Lipinski definition) is 2. The lowest BCUT2D eigenvalue weighted by molar-refractivity contribution is 0.161. The number of rotatable bonds is 3. The van der Waals surface area contributed by atoms with Gasteiger partial charge in [-0.1, -0.05) is 24.3 Å². The maximum Gasteiger partial charge on any atom is 0.121 e. The fraction of sp³-hybridized carbons (Fsp3) is 0.400. The van der Waals surface area contributed by atoms with Crippen LogP contribution in [0.15, 0.2) is 36.4 Å². The molecule has 0 amide bonds. The Labute approximate surface area is 106 Å². The van der Waals surface area contributed by atoms with Gasteiger partial charge in [0.2, 0.25) is 0 Å². The third kappa shape index (κ3) is 1.58. The Kier molecular flexibility index (Phi) is 2.27. The lowest BCUT2D eigenvalue weighted by Gasteiger charge is -2.40. The molecule has 1 saturated carbocycles. The Balaban J connectivity index is 1.44.